The highest BCUT2D eigenvalue weighted by Crippen LogP contribution is 2.29. The third-order valence-corrected chi connectivity index (χ3v) is 7.75. The van der Waals surface area contributed by atoms with Crippen LogP contribution in [-0.4, -0.2) is 82.7 Å². The molecule has 2 aromatic rings. The molecule has 0 spiro atoms. The molecule has 3 rings (SSSR count). The number of hydrogen-bond acceptors (Lipinski definition) is 5. The molecule has 12 heteroatoms. The molecule has 0 bridgehead atoms. The van der Waals surface area contributed by atoms with Crippen molar-refractivity contribution in [3.8, 4) is 0 Å². The maximum atomic E-state index is 12.6. The Morgan fingerprint density at radius 3 is 2.29 bits per heavy atom. The Morgan fingerprint density at radius 2 is 1.69 bits per heavy atom. The third kappa shape index (κ3) is 7.23. The Kier molecular flexibility index (Phi) is 9.23. The van der Waals surface area contributed by atoms with Gasteiger partial charge in [0.05, 0.1) is 28.5 Å². The van der Waals surface area contributed by atoms with Crippen molar-refractivity contribution in [1.82, 2.24) is 20.4 Å². The van der Waals surface area contributed by atoms with Crippen LogP contribution >= 0.6 is 23.2 Å². The van der Waals surface area contributed by atoms with Gasteiger partial charge >= 0.3 is 6.03 Å². The Balaban J connectivity index is 1.57. The lowest BCUT2D eigenvalue weighted by Crippen LogP contribution is -2.52. The van der Waals surface area contributed by atoms with Crippen LogP contribution in [0, 0.1) is 0 Å². The smallest absolute Gasteiger partial charge is 0.317 e. The van der Waals surface area contributed by atoms with E-state index in [2.05, 4.69) is 15.5 Å². The maximum absolute atomic E-state index is 12.6. The van der Waals surface area contributed by atoms with E-state index in [0.29, 0.717) is 53.0 Å². The van der Waals surface area contributed by atoms with Crippen molar-refractivity contribution in [3.05, 3.63) is 63.6 Å². The van der Waals surface area contributed by atoms with Crippen molar-refractivity contribution in [2.75, 3.05) is 56.9 Å². The molecule has 0 unspecified atom stereocenters. The normalized spacial score (nSPS) is 14.5. The number of hydrogen-bond donors (Lipinski definition) is 2. The van der Waals surface area contributed by atoms with E-state index in [-0.39, 0.29) is 18.5 Å². The summed E-state index contributed by atoms with van der Waals surface area (Å²) in [6, 6.07) is 11.3. The average molecular weight is 542 g/mol. The fraction of sp³-hybridized carbons (Fsp3) is 0.391. The number of benzene rings is 2. The van der Waals surface area contributed by atoms with Gasteiger partial charge in [0.25, 0.3) is 5.91 Å². The molecule has 9 nitrogen and oxygen atoms in total. The van der Waals surface area contributed by atoms with Gasteiger partial charge in [0.1, 0.15) is 0 Å². The Morgan fingerprint density at radius 1 is 1.03 bits per heavy atom. The van der Waals surface area contributed by atoms with Crippen molar-refractivity contribution in [1.29, 1.82) is 0 Å². The van der Waals surface area contributed by atoms with Gasteiger partial charge in [-0.1, -0.05) is 35.3 Å². The number of carbonyl (C=O) groups is 2. The van der Waals surface area contributed by atoms with E-state index in [1.807, 2.05) is 0 Å². The molecule has 0 saturated carbocycles. The highest BCUT2D eigenvalue weighted by Gasteiger charge is 2.21. The number of carbonyl (C=O) groups excluding carboxylic acids is 2. The first-order chi connectivity index (χ1) is 16.6. The number of sulfonamides is 1. The fourth-order valence-corrected chi connectivity index (χ4v) is 5.02. The van der Waals surface area contributed by atoms with Gasteiger partial charge in [-0.25, -0.2) is 13.2 Å². The Labute approximate surface area is 216 Å². The molecular formula is C23H29Cl2N5O4S. The van der Waals surface area contributed by atoms with Gasteiger partial charge in [0.2, 0.25) is 10.0 Å². The van der Waals surface area contributed by atoms with Crippen LogP contribution in [0.1, 0.15) is 15.9 Å². The number of nitrogens with zero attached hydrogens (tertiary/aromatic N) is 3. The molecule has 1 fully saturated rings. The molecule has 35 heavy (non-hydrogen) atoms. The number of rotatable bonds is 8. The zero-order chi connectivity index (χ0) is 25.6. The van der Waals surface area contributed by atoms with Crippen LogP contribution in [0.4, 0.5) is 10.5 Å². The van der Waals surface area contributed by atoms with Crippen LogP contribution in [0.3, 0.4) is 0 Å². The van der Waals surface area contributed by atoms with E-state index in [9.17, 15) is 18.0 Å². The number of urea groups is 1. The summed E-state index contributed by atoms with van der Waals surface area (Å²) in [5.41, 5.74) is 1.41. The lowest BCUT2D eigenvalue weighted by Gasteiger charge is -2.34. The molecule has 0 aliphatic carbocycles. The molecule has 2 aromatic carbocycles. The lowest BCUT2D eigenvalue weighted by molar-refractivity contribution is 0.0942. The molecule has 3 amide bonds. The van der Waals surface area contributed by atoms with E-state index in [1.54, 1.807) is 54.4 Å². The second kappa shape index (κ2) is 11.9. The molecule has 1 saturated heterocycles. The van der Waals surface area contributed by atoms with Gasteiger partial charge in [0.15, 0.2) is 0 Å². The zero-order valence-electron chi connectivity index (χ0n) is 19.6. The summed E-state index contributed by atoms with van der Waals surface area (Å²) >= 11 is 12.3. The van der Waals surface area contributed by atoms with Crippen molar-refractivity contribution >= 4 is 50.9 Å². The average Bonchev–Trinajstić information content (AvgIpc) is 2.84. The van der Waals surface area contributed by atoms with Gasteiger partial charge in [-0.15, -0.1) is 0 Å². The molecular weight excluding hydrogens is 513 g/mol. The van der Waals surface area contributed by atoms with E-state index < -0.39 is 10.0 Å². The predicted molar refractivity (Wildman–Crippen MR) is 139 cm³/mol. The van der Waals surface area contributed by atoms with E-state index >= 15 is 0 Å². The highest BCUT2D eigenvalue weighted by molar-refractivity contribution is 7.92. The van der Waals surface area contributed by atoms with Crippen molar-refractivity contribution < 1.29 is 18.0 Å². The Hall–Kier alpha value is -2.53. The van der Waals surface area contributed by atoms with Crippen LogP contribution in [0.2, 0.25) is 10.0 Å². The second-order valence-electron chi connectivity index (χ2n) is 8.17. The van der Waals surface area contributed by atoms with Crippen molar-refractivity contribution in [2.45, 2.75) is 6.54 Å². The van der Waals surface area contributed by atoms with Gasteiger partial charge < -0.3 is 15.5 Å². The molecule has 0 aromatic heterocycles. The van der Waals surface area contributed by atoms with Gasteiger partial charge in [-0.2, -0.15) is 0 Å². The van der Waals surface area contributed by atoms with Crippen molar-refractivity contribution in [3.63, 3.8) is 0 Å². The lowest BCUT2D eigenvalue weighted by atomic mass is 10.1. The first-order valence-electron chi connectivity index (χ1n) is 11.1. The van der Waals surface area contributed by atoms with E-state index in [1.165, 1.54) is 4.31 Å². The first kappa shape index (κ1) is 27.1. The number of nitrogens with one attached hydrogen (secondary N) is 2. The molecule has 190 valence electrons. The number of halogens is 2. The highest BCUT2D eigenvalue weighted by atomic mass is 35.5. The fourth-order valence-electron chi connectivity index (χ4n) is 3.77. The minimum atomic E-state index is -3.62. The summed E-state index contributed by atoms with van der Waals surface area (Å²) in [6.07, 6.45) is 1.11. The minimum Gasteiger partial charge on any atom is -0.351 e. The quantitative estimate of drug-likeness (QED) is 0.534. The van der Waals surface area contributed by atoms with Gasteiger partial charge in [-0.3, -0.25) is 14.0 Å². The monoisotopic (exact) mass is 541 g/mol. The van der Waals surface area contributed by atoms with Crippen LogP contribution in [0.25, 0.3) is 0 Å². The minimum absolute atomic E-state index is 0.0109. The zero-order valence-corrected chi connectivity index (χ0v) is 22.0. The van der Waals surface area contributed by atoms with E-state index in [0.717, 1.165) is 19.3 Å². The second-order valence-corrected chi connectivity index (χ2v) is 10.9. The Bertz CT molecular complexity index is 1150. The molecule has 2 N–H and O–H groups in total. The molecule has 0 atom stereocenters. The van der Waals surface area contributed by atoms with E-state index in [4.69, 9.17) is 23.2 Å². The van der Waals surface area contributed by atoms with Crippen LogP contribution in [0.15, 0.2) is 42.5 Å². The number of piperazine rings is 1. The molecule has 0 radical (unpaired) electrons. The van der Waals surface area contributed by atoms with Crippen LogP contribution < -0.4 is 14.9 Å². The molecule has 1 heterocycles. The topological polar surface area (TPSA) is 102 Å². The molecule has 1 aliphatic heterocycles. The summed E-state index contributed by atoms with van der Waals surface area (Å²) in [5, 5.41) is 6.16. The summed E-state index contributed by atoms with van der Waals surface area (Å²) in [7, 11) is -2.00. The van der Waals surface area contributed by atoms with Crippen LogP contribution in [-0.2, 0) is 16.6 Å². The summed E-state index contributed by atoms with van der Waals surface area (Å²) < 4.78 is 26.1. The van der Waals surface area contributed by atoms with Crippen molar-refractivity contribution in [2.24, 2.45) is 0 Å². The maximum Gasteiger partial charge on any atom is 0.317 e. The number of anilines is 1. The summed E-state index contributed by atoms with van der Waals surface area (Å²) in [4.78, 5) is 28.2. The predicted octanol–water partition coefficient (Wildman–Crippen LogP) is 2.65. The van der Waals surface area contributed by atoms with Gasteiger partial charge in [0, 0.05) is 51.9 Å². The standard InChI is InChI=1S/C23H29Cl2N5O4S/c1-26-23(32)29-14-12-28(13-15-29)11-10-27-22(31)17-6-8-19(9-7-17)30(35(2,33)34)16-18-4-3-5-20(24)21(18)25/h3-9H,10-16H2,1-2H3,(H,26,32)(H,27,31). The molecule has 1 aliphatic rings. The van der Waals surface area contributed by atoms with Gasteiger partial charge in [-0.05, 0) is 35.9 Å². The summed E-state index contributed by atoms with van der Waals surface area (Å²) in [6.45, 7) is 3.93. The third-order valence-electron chi connectivity index (χ3n) is 5.75. The SMILES string of the molecule is CNC(=O)N1CCN(CCNC(=O)c2ccc(N(Cc3cccc(Cl)c3Cl)S(C)(=O)=O)cc2)CC1. The largest absolute Gasteiger partial charge is 0.351 e. The first-order valence-corrected chi connectivity index (χ1v) is 13.7. The summed E-state index contributed by atoms with van der Waals surface area (Å²) in [5.74, 6) is -0.246. The van der Waals surface area contributed by atoms with Crippen LogP contribution in [0.5, 0.6) is 0 Å². The number of amides is 3.